The second-order valence-corrected chi connectivity index (χ2v) is 9.69. The number of furan rings is 1. The maximum absolute atomic E-state index is 13.3. The monoisotopic (exact) mass is 402 g/mol. The van der Waals surface area contributed by atoms with Gasteiger partial charge in [0.25, 0.3) is 5.91 Å². The van der Waals surface area contributed by atoms with Crippen LogP contribution in [0.1, 0.15) is 73.2 Å². The molecule has 6 heteroatoms. The predicted molar refractivity (Wildman–Crippen MR) is 112 cm³/mol. The second-order valence-electron chi connectivity index (χ2n) is 8.66. The molecule has 0 aliphatic heterocycles. The molecule has 1 N–H and O–H groups in total. The number of hydrogen-bond donors (Lipinski definition) is 1. The van der Waals surface area contributed by atoms with Crippen LogP contribution in [-0.4, -0.2) is 29.3 Å². The van der Waals surface area contributed by atoms with Crippen LogP contribution >= 0.6 is 11.3 Å². The van der Waals surface area contributed by atoms with Gasteiger partial charge in [-0.25, -0.2) is 0 Å². The normalized spacial score (nSPS) is 15.0. The minimum Gasteiger partial charge on any atom is -0.455 e. The first kappa shape index (κ1) is 20.6. The molecule has 5 nitrogen and oxygen atoms in total. The van der Waals surface area contributed by atoms with E-state index in [1.165, 1.54) is 0 Å². The van der Waals surface area contributed by atoms with Gasteiger partial charge in [0, 0.05) is 21.9 Å². The minimum absolute atomic E-state index is 0.0399. The number of amides is 2. The number of rotatable bonds is 6. The van der Waals surface area contributed by atoms with Crippen LogP contribution < -0.4 is 5.32 Å². The Kier molecular flexibility index (Phi) is 6.28. The molecule has 0 saturated heterocycles. The molecule has 2 aromatic heterocycles. The summed E-state index contributed by atoms with van der Waals surface area (Å²) in [6.45, 7) is 8.49. The van der Waals surface area contributed by atoms with E-state index in [0.717, 1.165) is 41.9 Å². The van der Waals surface area contributed by atoms with Crippen molar-refractivity contribution in [3.63, 3.8) is 0 Å². The summed E-state index contributed by atoms with van der Waals surface area (Å²) in [6.07, 6.45) is 4.36. The Labute approximate surface area is 171 Å². The summed E-state index contributed by atoms with van der Waals surface area (Å²) in [7, 11) is 0. The fourth-order valence-corrected chi connectivity index (χ4v) is 4.23. The van der Waals surface area contributed by atoms with Gasteiger partial charge in [-0.05, 0) is 37.3 Å². The Hall–Kier alpha value is -2.08. The summed E-state index contributed by atoms with van der Waals surface area (Å²) in [5.74, 6) is 0.773. The van der Waals surface area contributed by atoms with Crippen molar-refractivity contribution in [2.45, 2.75) is 71.4 Å². The number of hydrogen-bond acceptors (Lipinski definition) is 4. The summed E-state index contributed by atoms with van der Waals surface area (Å²) < 4.78 is 5.94. The molecule has 1 aliphatic rings. The van der Waals surface area contributed by atoms with Crippen molar-refractivity contribution in [2.24, 2.45) is 0 Å². The maximum Gasteiger partial charge on any atom is 0.290 e. The van der Waals surface area contributed by atoms with Crippen molar-refractivity contribution in [2.75, 3.05) is 6.54 Å². The van der Waals surface area contributed by atoms with E-state index >= 15 is 0 Å². The molecule has 2 aromatic rings. The molecular weight excluding hydrogens is 372 g/mol. The number of carbonyl (C=O) groups is 2. The third-order valence-corrected chi connectivity index (χ3v) is 5.98. The zero-order valence-electron chi connectivity index (χ0n) is 17.2. The molecule has 0 bridgehead atoms. The molecule has 0 unspecified atom stereocenters. The van der Waals surface area contributed by atoms with Crippen LogP contribution in [0.25, 0.3) is 0 Å². The van der Waals surface area contributed by atoms with Crippen LogP contribution in [0.15, 0.2) is 28.0 Å². The summed E-state index contributed by atoms with van der Waals surface area (Å²) in [6, 6.07) is 6.10. The number of thiophene rings is 1. The fraction of sp³-hybridized carbons (Fsp3) is 0.545. The third-order valence-electron chi connectivity index (χ3n) is 5.12. The second kappa shape index (κ2) is 8.52. The van der Waals surface area contributed by atoms with Crippen LogP contribution in [0, 0.1) is 6.92 Å². The molecule has 0 aromatic carbocycles. The highest BCUT2D eigenvalue weighted by Gasteiger charge is 2.28. The number of carbonyl (C=O) groups excluding carboxylic acids is 2. The van der Waals surface area contributed by atoms with Crippen LogP contribution in [0.3, 0.4) is 0 Å². The van der Waals surface area contributed by atoms with Crippen LogP contribution in [0.2, 0.25) is 0 Å². The highest BCUT2D eigenvalue weighted by atomic mass is 32.1. The minimum atomic E-state index is -0.233. The zero-order valence-corrected chi connectivity index (χ0v) is 18.0. The van der Waals surface area contributed by atoms with E-state index in [1.807, 2.05) is 30.5 Å². The number of nitrogens with zero attached hydrogens (tertiary/aromatic N) is 1. The highest BCUT2D eigenvalue weighted by molar-refractivity contribution is 7.09. The first-order chi connectivity index (χ1) is 13.2. The lowest BCUT2D eigenvalue weighted by atomic mass is 9.93. The molecule has 2 heterocycles. The SMILES string of the molecule is Cc1cc(C(C)(C)C)oc1C(=O)N(CC(=O)NC1CCCC1)Cc1cccs1. The van der Waals surface area contributed by atoms with Gasteiger partial charge in [0.1, 0.15) is 12.3 Å². The third kappa shape index (κ3) is 5.04. The molecule has 28 heavy (non-hydrogen) atoms. The lowest BCUT2D eigenvalue weighted by molar-refractivity contribution is -0.122. The summed E-state index contributed by atoms with van der Waals surface area (Å²) in [5, 5.41) is 5.06. The lowest BCUT2D eigenvalue weighted by Crippen LogP contribution is -2.43. The molecule has 1 saturated carbocycles. The molecule has 1 fully saturated rings. The molecule has 0 atom stereocenters. The Bertz CT molecular complexity index is 811. The van der Waals surface area contributed by atoms with Crippen LogP contribution in [0.4, 0.5) is 0 Å². The van der Waals surface area contributed by atoms with Crippen LogP contribution in [0.5, 0.6) is 0 Å². The summed E-state index contributed by atoms with van der Waals surface area (Å²) >= 11 is 1.58. The molecule has 152 valence electrons. The lowest BCUT2D eigenvalue weighted by Gasteiger charge is -2.22. The molecule has 1 aliphatic carbocycles. The van der Waals surface area contributed by atoms with Crippen molar-refractivity contribution in [3.8, 4) is 0 Å². The molecule has 0 spiro atoms. The van der Waals surface area contributed by atoms with Gasteiger partial charge in [0.2, 0.25) is 5.91 Å². The van der Waals surface area contributed by atoms with Gasteiger partial charge >= 0.3 is 0 Å². The van der Waals surface area contributed by atoms with Crippen LogP contribution in [-0.2, 0) is 16.8 Å². The van der Waals surface area contributed by atoms with Gasteiger partial charge in [-0.2, -0.15) is 0 Å². The van der Waals surface area contributed by atoms with E-state index in [9.17, 15) is 9.59 Å². The van der Waals surface area contributed by atoms with Gasteiger partial charge in [0.15, 0.2) is 5.76 Å². The Morgan fingerprint density at radius 2 is 2.00 bits per heavy atom. The van der Waals surface area contributed by atoms with E-state index in [1.54, 1.807) is 16.2 Å². The zero-order chi connectivity index (χ0) is 20.3. The average Bonchev–Trinajstić information content (AvgIpc) is 3.35. The van der Waals surface area contributed by atoms with Gasteiger partial charge in [-0.15, -0.1) is 11.3 Å². The fourth-order valence-electron chi connectivity index (χ4n) is 3.51. The average molecular weight is 403 g/mol. The van der Waals surface area contributed by atoms with Crippen molar-refractivity contribution >= 4 is 23.2 Å². The first-order valence-electron chi connectivity index (χ1n) is 9.96. The number of nitrogens with one attached hydrogen (secondary N) is 1. The van der Waals surface area contributed by atoms with E-state index in [-0.39, 0.29) is 29.8 Å². The van der Waals surface area contributed by atoms with Gasteiger partial charge in [-0.1, -0.05) is 39.7 Å². The largest absolute Gasteiger partial charge is 0.455 e. The number of aryl methyl sites for hydroxylation is 1. The first-order valence-corrected chi connectivity index (χ1v) is 10.8. The smallest absolute Gasteiger partial charge is 0.290 e. The Balaban J connectivity index is 1.78. The molecule has 2 amide bonds. The predicted octanol–water partition coefficient (Wildman–Crippen LogP) is 4.65. The van der Waals surface area contributed by atoms with E-state index in [4.69, 9.17) is 4.42 Å². The van der Waals surface area contributed by atoms with Crippen molar-refractivity contribution in [1.29, 1.82) is 0 Å². The molecule has 3 rings (SSSR count). The topological polar surface area (TPSA) is 62.6 Å². The Morgan fingerprint density at radius 3 is 2.57 bits per heavy atom. The maximum atomic E-state index is 13.3. The van der Waals surface area contributed by atoms with E-state index in [2.05, 4.69) is 26.1 Å². The molecule has 0 radical (unpaired) electrons. The molecular formula is C22H30N2O3S. The highest BCUT2D eigenvalue weighted by Crippen LogP contribution is 2.28. The van der Waals surface area contributed by atoms with Crippen molar-refractivity contribution < 1.29 is 14.0 Å². The van der Waals surface area contributed by atoms with E-state index < -0.39 is 0 Å². The quantitative estimate of drug-likeness (QED) is 0.765. The standard InChI is InChI=1S/C22H30N2O3S/c1-15-12-18(22(2,3)4)27-20(15)21(26)24(13-17-10-7-11-28-17)14-19(25)23-16-8-5-6-9-16/h7,10-12,16H,5-6,8-9,13-14H2,1-4H3,(H,23,25). The van der Waals surface area contributed by atoms with Gasteiger partial charge < -0.3 is 14.6 Å². The summed E-state index contributed by atoms with van der Waals surface area (Å²) in [4.78, 5) is 28.5. The van der Waals surface area contributed by atoms with Gasteiger partial charge in [0.05, 0.1) is 6.54 Å². The summed E-state index contributed by atoms with van der Waals surface area (Å²) in [5.41, 5.74) is 0.629. The van der Waals surface area contributed by atoms with Crippen molar-refractivity contribution in [1.82, 2.24) is 10.2 Å². The Morgan fingerprint density at radius 1 is 1.29 bits per heavy atom. The van der Waals surface area contributed by atoms with E-state index in [0.29, 0.717) is 12.3 Å². The van der Waals surface area contributed by atoms with Crippen molar-refractivity contribution in [3.05, 3.63) is 45.5 Å². The van der Waals surface area contributed by atoms with Gasteiger partial charge in [-0.3, -0.25) is 9.59 Å².